The molecule has 0 aliphatic carbocycles. The van der Waals surface area contributed by atoms with Crippen LogP contribution in [0.25, 0.3) is 0 Å². The van der Waals surface area contributed by atoms with Gasteiger partial charge in [0.1, 0.15) is 17.3 Å². The first kappa shape index (κ1) is 19.3. The van der Waals surface area contributed by atoms with Gasteiger partial charge in [-0.05, 0) is 0 Å². The summed E-state index contributed by atoms with van der Waals surface area (Å²) in [4.78, 5) is 12.0. The van der Waals surface area contributed by atoms with Gasteiger partial charge in [0.25, 0.3) is 0 Å². The Kier molecular flexibility index (Phi) is 5.83. The van der Waals surface area contributed by atoms with Crippen LogP contribution >= 0.6 is 0 Å². The minimum atomic E-state index is -0.624. The molecule has 0 fully saturated rings. The first-order valence-corrected chi connectivity index (χ1v) is 8.48. The quantitative estimate of drug-likeness (QED) is 0.552. The molecule has 9 heteroatoms. The Balaban J connectivity index is 1.43. The monoisotopic (exact) mass is 392 g/mol. The van der Waals surface area contributed by atoms with Crippen LogP contribution in [0.3, 0.4) is 0 Å². The lowest BCUT2D eigenvalue weighted by Crippen LogP contribution is -2.10. The van der Waals surface area contributed by atoms with Crippen molar-refractivity contribution in [1.29, 1.82) is 0 Å². The van der Waals surface area contributed by atoms with Gasteiger partial charge in [-0.15, -0.1) is 0 Å². The summed E-state index contributed by atoms with van der Waals surface area (Å²) >= 11 is 0. The Morgan fingerprint density at radius 3 is 2.18 bits per heavy atom. The molecule has 0 atom stereocenters. The van der Waals surface area contributed by atoms with Gasteiger partial charge >= 0.3 is 0 Å². The predicted octanol–water partition coefficient (Wildman–Crippen LogP) is 2.35. The van der Waals surface area contributed by atoms with Crippen LogP contribution in [0.5, 0.6) is 46.0 Å². The third kappa shape index (κ3) is 4.43. The fraction of sp³-hybridized carbons (Fsp3) is 0.316. The molecule has 150 valence electrons. The lowest BCUT2D eigenvalue weighted by atomic mass is 10.2. The second-order valence-corrected chi connectivity index (χ2v) is 5.91. The molecule has 28 heavy (non-hydrogen) atoms. The van der Waals surface area contributed by atoms with Gasteiger partial charge in [-0.3, -0.25) is 4.79 Å². The predicted molar refractivity (Wildman–Crippen MR) is 95.8 cm³/mol. The van der Waals surface area contributed by atoms with E-state index in [4.69, 9.17) is 23.7 Å². The van der Waals surface area contributed by atoms with E-state index in [1.54, 1.807) is 12.1 Å². The maximum atomic E-state index is 12.0. The van der Waals surface area contributed by atoms with Crippen molar-refractivity contribution in [2.24, 2.45) is 0 Å². The molecule has 3 N–H and O–H groups in total. The van der Waals surface area contributed by atoms with Crippen molar-refractivity contribution in [2.45, 2.75) is 12.8 Å². The molecule has 2 aromatic carbocycles. The van der Waals surface area contributed by atoms with E-state index in [1.807, 2.05) is 0 Å². The molecule has 0 saturated heterocycles. The van der Waals surface area contributed by atoms with Gasteiger partial charge in [-0.2, -0.15) is 0 Å². The molecule has 9 nitrogen and oxygen atoms in total. The number of phenols is 3. The second-order valence-electron chi connectivity index (χ2n) is 5.91. The fourth-order valence-electron chi connectivity index (χ4n) is 2.54. The summed E-state index contributed by atoms with van der Waals surface area (Å²) in [6, 6.07) is 5.62. The van der Waals surface area contributed by atoms with Crippen molar-refractivity contribution < 1.29 is 43.8 Å². The van der Waals surface area contributed by atoms with Crippen molar-refractivity contribution in [2.75, 3.05) is 27.1 Å². The number of carbonyl (C=O) groups is 1. The number of rotatable bonds is 9. The summed E-state index contributed by atoms with van der Waals surface area (Å²) in [6.07, 6.45) is 0.294. The number of carbonyl (C=O) groups excluding carboxylic acids is 1. The molecule has 0 unspecified atom stereocenters. The normalized spacial score (nSPS) is 11.9. The summed E-state index contributed by atoms with van der Waals surface area (Å²) in [5, 5.41) is 28.1. The van der Waals surface area contributed by atoms with Gasteiger partial charge < -0.3 is 39.0 Å². The van der Waals surface area contributed by atoms with Crippen LogP contribution in [0.15, 0.2) is 24.3 Å². The second kappa shape index (κ2) is 8.47. The molecule has 0 saturated carbocycles. The minimum absolute atomic E-state index is 0.0559. The van der Waals surface area contributed by atoms with E-state index in [0.717, 1.165) is 12.1 Å². The number of ether oxygens (including phenoxy) is 5. The van der Waals surface area contributed by atoms with Crippen molar-refractivity contribution in [3.63, 3.8) is 0 Å². The highest BCUT2D eigenvalue weighted by Gasteiger charge is 2.20. The van der Waals surface area contributed by atoms with E-state index < -0.39 is 17.2 Å². The van der Waals surface area contributed by atoms with Crippen LogP contribution in [0, 0.1) is 0 Å². The molecule has 1 aliphatic heterocycles. The summed E-state index contributed by atoms with van der Waals surface area (Å²) in [7, 11) is 1.51. The summed E-state index contributed by atoms with van der Waals surface area (Å²) in [5.74, 6) is 0.460. The van der Waals surface area contributed by atoms with Crippen molar-refractivity contribution in [1.82, 2.24) is 0 Å². The molecule has 2 aromatic rings. The molecule has 1 heterocycles. The van der Waals surface area contributed by atoms with E-state index in [0.29, 0.717) is 23.0 Å². The van der Waals surface area contributed by atoms with E-state index in [-0.39, 0.29) is 44.4 Å². The number of hydrogen-bond acceptors (Lipinski definition) is 9. The van der Waals surface area contributed by atoms with Crippen LogP contribution in [-0.2, 0) is 4.79 Å². The van der Waals surface area contributed by atoms with Crippen LogP contribution in [0.4, 0.5) is 0 Å². The average molecular weight is 392 g/mol. The molecular weight excluding hydrogens is 372 g/mol. The molecule has 3 rings (SSSR count). The number of methoxy groups -OCH3 is 1. The Labute approximate surface area is 160 Å². The molecule has 0 spiro atoms. The number of hydrogen-bond donors (Lipinski definition) is 3. The van der Waals surface area contributed by atoms with Gasteiger partial charge in [0.05, 0.1) is 20.3 Å². The van der Waals surface area contributed by atoms with E-state index in [2.05, 4.69) is 0 Å². The molecule has 0 aromatic heterocycles. The van der Waals surface area contributed by atoms with Gasteiger partial charge in [0, 0.05) is 37.1 Å². The van der Waals surface area contributed by atoms with Crippen molar-refractivity contribution in [3.05, 3.63) is 24.3 Å². The number of Topliss-reactive ketones (excluding diaryl/α,β-unsaturated/α-hetero) is 1. The number of fused-ring (bicyclic) bond motifs is 1. The van der Waals surface area contributed by atoms with Crippen LogP contribution < -0.4 is 23.7 Å². The van der Waals surface area contributed by atoms with E-state index >= 15 is 0 Å². The average Bonchev–Trinajstić information content (AvgIpc) is 3.14. The maximum absolute atomic E-state index is 12.0. The number of ketones is 1. The molecular formula is C19H20O9. The zero-order chi connectivity index (χ0) is 20.1. The van der Waals surface area contributed by atoms with E-state index in [1.165, 1.54) is 7.11 Å². The first-order chi connectivity index (χ1) is 13.5. The van der Waals surface area contributed by atoms with Gasteiger partial charge in [0.15, 0.2) is 23.0 Å². The number of aromatic hydroxyl groups is 3. The molecule has 0 amide bonds. The highest BCUT2D eigenvalue weighted by Crippen LogP contribution is 2.44. The smallest absolute Gasteiger partial charge is 0.231 e. The summed E-state index contributed by atoms with van der Waals surface area (Å²) in [6.45, 7) is 0.340. The highest BCUT2D eigenvalue weighted by molar-refractivity contribution is 5.78. The Morgan fingerprint density at radius 1 is 0.964 bits per heavy atom. The standard InChI is InChI=1S/C19H20O9/c1-24-16-8-13(9-17-19(16)28-10-27-17)26-5-3-11(20)2-4-25-12-6-14(21)18(23)15(22)7-12/h6-9,21-23H,2-5,10H2,1H3. The zero-order valence-corrected chi connectivity index (χ0v) is 15.1. The lowest BCUT2D eigenvalue weighted by molar-refractivity contribution is -0.120. The number of phenolic OH excluding ortho intramolecular Hbond substituents is 3. The van der Waals surface area contributed by atoms with Crippen LogP contribution in [0.1, 0.15) is 12.8 Å². The zero-order valence-electron chi connectivity index (χ0n) is 15.1. The highest BCUT2D eigenvalue weighted by atomic mass is 16.7. The third-order valence-electron chi connectivity index (χ3n) is 3.97. The van der Waals surface area contributed by atoms with Gasteiger partial charge in [-0.1, -0.05) is 0 Å². The Hall–Kier alpha value is -3.49. The molecule has 0 bridgehead atoms. The van der Waals surface area contributed by atoms with Crippen LogP contribution in [0.2, 0.25) is 0 Å². The number of benzene rings is 2. The fourth-order valence-corrected chi connectivity index (χ4v) is 2.54. The third-order valence-corrected chi connectivity index (χ3v) is 3.97. The lowest BCUT2D eigenvalue weighted by Gasteiger charge is -2.10. The molecule has 0 radical (unpaired) electrons. The Morgan fingerprint density at radius 2 is 1.57 bits per heavy atom. The minimum Gasteiger partial charge on any atom is -0.504 e. The van der Waals surface area contributed by atoms with Crippen molar-refractivity contribution in [3.8, 4) is 46.0 Å². The van der Waals surface area contributed by atoms with Crippen LogP contribution in [-0.4, -0.2) is 48.2 Å². The topological polar surface area (TPSA) is 124 Å². The molecule has 1 aliphatic rings. The summed E-state index contributed by atoms with van der Waals surface area (Å²) in [5.41, 5.74) is 0. The summed E-state index contributed by atoms with van der Waals surface area (Å²) < 4.78 is 26.7. The largest absolute Gasteiger partial charge is 0.504 e. The van der Waals surface area contributed by atoms with Gasteiger partial charge in [-0.25, -0.2) is 0 Å². The van der Waals surface area contributed by atoms with Crippen molar-refractivity contribution >= 4 is 5.78 Å². The maximum Gasteiger partial charge on any atom is 0.231 e. The SMILES string of the molecule is COc1cc(OCCC(=O)CCOc2cc(O)c(O)c(O)c2)cc2c1OCO2. The Bertz CT molecular complexity index is 840. The first-order valence-electron chi connectivity index (χ1n) is 8.48. The van der Waals surface area contributed by atoms with E-state index in [9.17, 15) is 20.1 Å². The van der Waals surface area contributed by atoms with Gasteiger partial charge in [0.2, 0.25) is 18.3 Å².